The van der Waals surface area contributed by atoms with E-state index in [1.165, 1.54) is 26.7 Å². The fourth-order valence-electron chi connectivity index (χ4n) is 1.51. The number of amides is 2. The van der Waals surface area contributed by atoms with Gasteiger partial charge in [-0.25, -0.2) is 32.1 Å². The fraction of sp³-hybridized carbons (Fsp3) is 0.625. The van der Waals surface area contributed by atoms with Gasteiger partial charge >= 0.3 is 273 Å². The summed E-state index contributed by atoms with van der Waals surface area (Å²) >= 11 is 12.7. The van der Waals surface area contributed by atoms with Crippen LogP contribution in [0, 0.1) is 150 Å². The first-order chi connectivity index (χ1) is 52.4. The summed E-state index contributed by atoms with van der Waals surface area (Å²) in [6.07, 6.45) is 2.83. The maximum atomic E-state index is 9.12. The first kappa shape index (κ1) is 259. The maximum absolute atomic E-state index is 9.12. The molecule has 3 rings (SSSR count). The van der Waals surface area contributed by atoms with E-state index in [9.17, 15) is 0 Å². The van der Waals surface area contributed by atoms with Crippen LogP contribution in [0.3, 0.4) is 0 Å². The van der Waals surface area contributed by atoms with Crippen LogP contribution >= 0.6 is 129 Å². The van der Waals surface area contributed by atoms with E-state index >= 15 is 0 Å². The second kappa shape index (κ2) is 425. The average Bonchev–Trinajstić information content (AvgIpc) is 1.72. The summed E-state index contributed by atoms with van der Waals surface area (Å²) in [5.41, 5.74) is 63.9. The van der Waals surface area contributed by atoms with E-state index in [1.807, 2.05) is 12.1 Å². The normalized spacial score (nSPS) is 8.26. The van der Waals surface area contributed by atoms with Gasteiger partial charge in [-0.05, 0) is 18.6 Å². The van der Waals surface area contributed by atoms with Gasteiger partial charge in [-0.15, -0.1) is 79.1 Å². The first-order valence-corrected chi connectivity index (χ1v) is 64.7. The van der Waals surface area contributed by atoms with E-state index < -0.39 is 83.2 Å². The Morgan fingerprint density at radius 1 is 0.504 bits per heavy atom. The number of rotatable bonds is 7. The summed E-state index contributed by atoms with van der Waals surface area (Å²) in [7, 11) is 37.8. The minimum atomic E-state index is -1.51. The average molecular weight is 3890 g/mol. The molecule has 2 aliphatic rings. The van der Waals surface area contributed by atoms with Gasteiger partial charge in [0.15, 0.2) is 32.7 Å². The van der Waals surface area contributed by atoms with Crippen LogP contribution in [0.2, 0.25) is 0 Å². The van der Waals surface area contributed by atoms with Gasteiger partial charge in [0.2, 0.25) is 0 Å². The number of para-hydroxylation sites is 2. The van der Waals surface area contributed by atoms with Crippen LogP contribution in [0.25, 0.3) is 87.3 Å². The molecule has 1 aromatic rings. The zero-order valence-corrected chi connectivity index (χ0v) is 91.8. The van der Waals surface area contributed by atoms with Crippen molar-refractivity contribution in [2.45, 2.75) is 66.0 Å². The molecule has 1 aromatic carbocycles. The molecule has 69 nitrogen and oxygen atoms in total. The van der Waals surface area contributed by atoms with Gasteiger partial charge in [-0.3, -0.25) is 10.1 Å². The summed E-state index contributed by atoms with van der Waals surface area (Å²) in [4.78, 5) is 122. The van der Waals surface area contributed by atoms with Gasteiger partial charge in [0, 0.05) is 27.4 Å². The van der Waals surface area contributed by atoms with Crippen molar-refractivity contribution < 1.29 is 235 Å². The Bertz CT molecular complexity index is 1420. The summed E-state index contributed by atoms with van der Waals surface area (Å²) in [6, 6.07) is 5.93. The van der Waals surface area contributed by atoms with E-state index in [-0.39, 0.29) is 145 Å². The third-order valence-electron chi connectivity index (χ3n) is 3.59. The standard InChI is InChI=1S/C6H5BO3.C4H9N2O2.5C3H7N.2C2H6N2.CH4N2O2.2CH4.4BrH.8ClH.14HNO2.4H2N.3H2O.9Pt/c8-7-9-5-3-1-2-4-6(5)10-7;7-3-1-2-5-4(8)6-3;5*1-2-3-4;2*3-1-2-4;2-1(4)3-5;;;;;;;;;;;;;;;14*2-1-3;;;;;;;;;;;;;;;;/h1-4,8H;3-4,6-8H,1-2H2;5*4H,1-3H2;2*3-4H,1-2H2;(H4,2,3,4,5);2*1H4;12*1H;14*(H,2,3);7*1H2;;;;;;;;;/q;-1;7*-2;;;;;;;;;;;;;;;;;;;;;;;;;;;;;;4*-1;;;;;2*+1;+2;2*+3;3*+4/p-22. The number of aliphatic hydroxyl groups is 2. The van der Waals surface area contributed by atoms with E-state index in [2.05, 4.69) is 117 Å². The summed E-state index contributed by atoms with van der Waals surface area (Å²) in [5.74, 6) is 1.19. The topological polar surface area (TPSA) is 1340 Å². The SMILES string of the molecule is C.C.O.O.O.O=NO.O=NO.O=NO.O=NO.O=NO.O=N[O-].O=N[O-].O=N[O-].O=N[O-].O=N[O-].O=N[O-].O=N[O-].O=N[O-].O=N[O-].OB1Oc2ccccc2O1.OC1CC[N-]C(O)N1.[Br][Pt]([Br])[Br].[CH2-]CC[NH-].[CH2-]CC[NH-].[CH2-]CC[NH-].[CH2-]CC[NH-].[CH2-]CC[NH-].[Cl][Pt+2][Cl].[Cl][Pt+2][Cl].[Cl][Pt].[Cl][Pt].[Cl][Pt]([Cl])[Br].[NH-]C(=O)NO.[NH-]CC[NH-].[NH-]CC[NH-].[NH2-].[NH2-].[NH2-].[NH2-].[Pt+2].[Pt+4].[Pt]. The number of hydrogen-bond donors (Lipinski definition) is 11. The molecule has 0 saturated carbocycles. The molecule has 35 N–H and O–H groups in total. The van der Waals surface area contributed by atoms with Crippen molar-refractivity contribution in [2.75, 3.05) is 65.4 Å². The summed E-state index contributed by atoms with van der Waals surface area (Å²) < 4.78 is 9.68. The second-order valence-corrected chi connectivity index (χ2v) is 60.7. The number of carbonyl (C=O) groups excluding carboxylic acids is 1. The molecule has 0 aromatic heterocycles. The molecule has 91 heteroatoms. The molecule has 0 radical (unpaired) electrons. The second-order valence-electron chi connectivity index (χ2n) is 9.64. The van der Waals surface area contributed by atoms with Crippen LogP contribution in [0.5, 0.6) is 11.5 Å². The van der Waals surface area contributed by atoms with Crippen molar-refractivity contribution in [3.63, 3.8) is 0 Å². The number of fused-ring (bicyclic) bond motifs is 1. The monoisotopic (exact) mass is 3880 g/mol. The van der Waals surface area contributed by atoms with Crippen LogP contribution in [-0.4, -0.2) is 154 Å². The van der Waals surface area contributed by atoms with E-state index in [0.717, 1.165) is 85.6 Å². The van der Waals surface area contributed by atoms with Crippen molar-refractivity contribution >= 4 is 142 Å². The Kier molecular flexibility index (Phi) is 895. The molecule has 2 aliphatic heterocycles. The third-order valence-corrected chi connectivity index (χ3v) is 3.59. The van der Waals surface area contributed by atoms with Gasteiger partial charge in [0.25, 0.3) is 0 Å². The van der Waals surface area contributed by atoms with Gasteiger partial charge in [0.05, 0.1) is 0 Å². The molecule has 798 valence electrons. The third kappa shape index (κ3) is 1240. The van der Waals surface area contributed by atoms with Crippen LogP contribution in [0.1, 0.15) is 53.4 Å². The number of urea groups is 1. The molecular formula is C32H91BBr4Cl8N31O38Pt9-19. The van der Waals surface area contributed by atoms with Crippen LogP contribution in [-0.2, 0) is 158 Å². The number of hydrogen-bond acceptors (Lipinski definition) is 45. The van der Waals surface area contributed by atoms with E-state index in [0.29, 0.717) is 57.2 Å². The number of nitrogens with one attached hydrogen (secondary N) is 12. The molecule has 2 atom stereocenters. The van der Waals surface area contributed by atoms with Gasteiger partial charge in [-0.1, -0.05) is 27.0 Å². The molecule has 123 heavy (non-hydrogen) atoms. The van der Waals surface area contributed by atoms with Crippen LogP contribution in [0.15, 0.2) is 99.0 Å². The van der Waals surface area contributed by atoms with Crippen molar-refractivity contribution in [3.05, 3.63) is 262 Å². The number of hydroxylamine groups is 1. The molecule has 0 bridgehead atoms. The van der Waals surface area contributed by atoms with Crippen molar-refractivity contribution in [2.24, 2.45) is 74.8 Å². The largest absolute Gasteiger partial charge is 4.00 e. The molecule has 2 amide bonds. The predicted molar refractivity (Wildman–Crippen MR) is 459 cm³/mol. The van der Waals surface area contributed by atoms with Gasteiger partial charge in [-0.2, -0.15) is 58.9 Å². The van der Waals surface area contributed by atoms with Crippen molar-refractivity contribution in [1.82, 2.24) is 10.8 Å². The number of aliphatic hydroxyl groups excluding tert-OH is 2. The molecule has 1 saturated heterocycles. The van der Waals surface area contributed by atoms with Crippen LogP contribution in [0.4, 0.5) is 4.79 Å². The molecule has 2 unspecified atom stereocenters. The summed E-state index contributed by atoms with van der Waals surface area (Å²) in [5, 5.41) is 160. The molecular weight excluding hydrogens is 3800 g/mol. The Morgan fingerprint density at radius 2 is 0.618 bits per heavy atom. The van der Waals surface area contributed by atoms with Crippen LogP contribution < -0.4 is 20.1 Å². The molecule has 0 spiro atoms. The molecule has 0 aliphatic carbocycles. The van der Waals surface area contributed by atoms with Gasteiger partial charge in [0.1, 0.15) is 17.7 Å². The Labute approximate surface area is 856 Å². The molecule has 2 heterocycles. The van der Waals surface area contributed by atoms with Crippen molar-refractivity contribution in [3.8, 4) is 11.5 Å². The number of nitrogens with zero attached hydrogens (tertiary/aromatic N) is 15. The Hall–Kier alpha value is -0.690. The minimum absolute atomic E-state index is 0. The Morgan fingerprint density at radius 3 is 0.683 bits per heavy atom. The minimum Gasteiger partial charge on any atom is -0.693 e. The quantitative estimate of drug-likeness (QED) is 0.0397. The number of nitrogens with two attached hydrogens (primary N) is 4. The van der Waals surface area contributed by atoms with Crippen molar-refractivity contribution in [1.29, 1.82) is 0 Å². The van der Waals surface area contributed by atoms with E-state index in [1.54, 1.807) is 49.7 Å². The maximum Gasteiger partial charge on any atom is 4.00 e. The molecule has 1 fully saturated rings. The van der Waals surface area contributed by atoms with E-state index in [4.69, 9.17) is 290 Å². The number of halogens is 12. The zero-order chi connectivity index (χ0) is 95.6. The number of benzene rings is 1. The fourth-order valence-corrected chi connectivity index (χ4v) is 1.51. The zero-order valence-electron chi connectivity index (χ0n) is 58.9. The summed E-state index contributed by atoms with van der Waals surface area (Å²) in [6.45, 7) is 20.9. The predicted octanol–water partition coefficient (Wildman–Crippen LogP) is 21.5. The van der Waals surface area contributed by atoms with Gasteiger partial charge < -0.3 is 291 Å². The smallest absolute Gasteiger partial charge is 0.693 e. The Balaban J connectivity index is -0.0000000161. The number of carbonyl (C=O) groups is 1. The first-order valence-electron chi connectivity index (χ1n) is 22.3.